The summed E-state index contributed by atoms with van der Waals surface area (Å²) in [4.78, 5) is 18.4. The summed E-state index contributed by atoms with van der Waals surface area (Å²) in [7, 11) is 4.06. The predicted octanol–water partition coefficient (Wildman–Crippen LogP) is 3.12. The Morgan fingerprint density at radius 2 is 1.80 bits per heavy atom. The number of carbonyl (C=O) groups excluding carboxylic acids is 1. The van der Waals surface area contributed by atoms with Gasteiger partial charge in [0.05, 0.1) is 17.0 Å². The van der Waals surface area contributed by atoms with E-state index in [1.807, 2.05) is 66.5 Å². The van der Waals surface area contributed by atoms with Gasteiger partial charge >= 0.3 is 0 Å². The Kier molecular flexibility index (Phi) is 6.44. The van der Waals surface area contributed by atoms with Crippen LogP contribution in [0.2, 0.25) is 0 Å². The van der Waals surface area contributed by atoms with Gasteiger partial charge in [0.1, 0.15) is 0 Å². The first-order valence-corrected chi connectivity index (χ1v) is 11.1. The molecule has 2 aromatic carbocycles. The normalized spacial score (nSPS) is 15.3. The highest BCUT2D eigenvalue weighted by Gasteiger charge is 2.26. The first-order chi connectivity index (χ1) is 14.6. The Morgan fingerprint density at radius 1 is 1.10 bits per heavy atom. The average molecular weight is 423 g/mol. The zero-order chi connectivity index (χ0) is 20.9. The van der Waals surface area contributed by atoms with Crippen molar-refractivity contribution >= 4 is 17.7 Å². The van der Waals surface area contributed by atoms with Gasteiger partial charge in [0.2, 0.25) is 0 Å². The van der Waals surface area contributed by atoms with Crippen LogP contribution >= 0.6 is 11.8 Å². The van der Waals surface area contributed by atoms with Crippen LogP contribution in [0, 0.1) is 0 Å². The molecule has 30 heavy (non-hydrogen) atoms. The fraction of sp³-hybridized carbons (Fsp3) is 0.364. The Labute approximate surface area is 181 Å². The smallest absolute Gasteiger partial charge is 0.254 e. The topological polar surface area (TPSA) is 67.2 Å². The van der Waals surface area contributed by atoms with E-state index in [4.69, 9.17) is 0 Å². The maximum Gasteiger partial charge on any atom is 0.254 e. The molecule has 156 valence electrons. The monoisotopic (exact) mass is 422 g/mol. The highest BCUT2D eigenvalue weighted by molar-refractivity contribution is 7.98. The summed E-state index contributed by atoms with van der Waals surface area (Å²) < 4.78 is 1.74. The summed E-state index contributed by atoms with van der Waals surface area (Å²) in [5.41, 5.74) is 1.66. The minimum absolute atomic E-state index is 0.0790. The molecule has 1 amide bonds. The number of thioether (sulfide) groups is 1. The molecule has 8 heteroatoms. The fourth-order valence-corrected chi connectivity index (χ4v) is 4.67. The van der Waals surface area contributed by atoms with Crippen molar-refractivity contribution < 1.29 is 4.79 Å². The van der Waals surface area contributed by atoms with E-state index in [0.29, 0.717) is 5.75 Å². The summed E-state index contributed by atoms with van der Waals surface area (Å²) in [6.07, 6.45) is 2.03. The van der Waals surface area contributed by atoms with Gasteiger partial charge in [-0.05, 0) is 67.7 Å². The maximum absolute atomic E-state index is 13.2. The Bertz CT molecular complexity index is 984. The lowest BCUT2D eigenvalue weighted by molar-refractivity contribution is 0.0656. The van der Waals surface area contributed by atoms with Crippen molar-refractivity contribution in [2.24, 2.45) is 0 Å². The van der Waals surface area contributed by atoms with Crippen LogP contribution in [0.3, 0.4) is 0 Å². The summed E-state index contributed by atoms with van der Waals surface area (Å²) in [6, 6.07) is 17.9. The first kappa shape index (κ1) is 20.6. The molecule has 1 saturated heterocycles. The lowest BCUT2D eigenvalue weighted by Gasteiger charge is -2.35. The second-order valence-electron chi connectivity index (χ2n) is 7.58. The van der Waals surface area contributed by atoms with Gasteiger partial charge in [0.25, 0.3) is 5.91 Å². The molecular weight excluding hydrogens is 396 g/mol. The van der Waals surface area contributed by atoms with Gasteiger partial charge in [-0.3, -0.25) is 4.79 Å². The number of nitrogens with zero attached hydrogens (tertiary/aromatic N) is 6. The molecule has 0 saturated carbocycles. The van der Waals surface area contributed by atoms with Crippen LogP contribution in [0.1, 0.15) is 29.0 Å². The molecule has 1 fully saturated rings. The molecule has 0 spiro atoms. The number of hydrogen-bond donors (Lipinski definition) is 0. The van der Waals surface area contributed by atoms with Crippen molar-refractivity contribution in [2.75, 3.05) is 27.2 Å². The number of hydrogen-bond acceptors (Lipinski definition) is 6. The van der Waals surface area contributed by atoms with Crippen LogP contribution in [0.15, 0.2) is 59.5 Å². The van der Waals surface area contributed by atoms with Crippen LogP contribution in [-0.2, 0) is 5.75 Å². The van der Waals surface area contributed by atoms with E-state index in [1.165, 1.54) is 0 Å². The molecule has 1 aliphatic heterocycles. The number of aromatic nitrogens is 4. The molecule has 7 nitrogen and oxygen atoms in total. The van der Waals surface area contributed by atoms with Crippen LogP contribution < -0.4 is 0 Å². The molecule has 3 aromatic rings. The zero-order valence-corrected chi connectivity index (χ0v) is 18.1. The SMILES string of the molecule is CN1CCC(N(C)C(=O)c2ccccc2SCc2nnnn2-c2ccccc2)CC1. The van der Waals surface area contributed by atoms with E-state index < -0.39 is 0 Å². The number of benzene rings is 2. The van der Waals surface area contributed by atoms with Gasteiger partial charge < -0.3 is 9.80 Å². The highest BCUT2D eigenvalue weighted by Crippen LogP contribution is 2.28. The van der Waals surface area contributed by atoms with Crippen LogP contribution in [0.4, 0.5) is 0 Å². The average Bonchev–Trinajstić information content (AvgIpc) is 3.27. The number of likely N-dealkylation sites (tertiary alicyclic amines) is 1. The Balaban J connectivity index is 1.48. The van der Waals surface area contributed by atoms with Crippen molar-refractivity contribution in [2.45, 2.75) is 29.5 Å². The predicted molar refractivity (Wildman–Crippen MR) is 118 cm³/mol. The first-order valence-electron chi connectivity index (χ1n) is 10.1. The van der Waals surface area contributed by atoms with Gasteiger partial charge in [-0.15, -0.1) is 16.9 Å². The molecule has 1 aromatic heterocycles. The second-order valence-corrected chi connectivity index (χ2v) is 8.59. The number of piperidine rings is 1. The van der Waals surface area contributed by atoms with Gasteiger partial charge in [0.15, 0.2) is 5.82 Å². The van der Waals surface area contributed by atoms with E-state index in [-0.39, 0.29) is 11.9 Å². The van der Waals surface area contributed by atoms with Crippen molar-refractivity contribution in [3.05, 3.63) is 66.0 Å². The minimum Gasteiger partial charge on any atom is -0.339 e. The number of tetrazole rings is 1. The molecule has 0 bridgehead atoms. The van der Waals surface area contributed by atoms with Crippen LogP contribution in [0.25, 0.3) is 5.69 Å². The number of carbonyl (C=O) groups is 1. The van der Waals surface area contributed by atoms with E-state index in [0.717, 1.165) is 47.9 Å². The Hall–Kier alpha value is -2.71. The molecule has 0 aliphatic carbocycles. The van der Waals surface area contributed by atoms with Crippen LogP contribution in [0.5, 0.6) is 0 Å². The van der Waals surface area contributed by atoms with E-state index in [9.17, 15) is 4.79 Å². The molecule has 0 atom stereocenters. The molecule has 2 heterocycles. The number of para-hydroxylation sites is 1. The Morgan fingerprint density at radius 3 is 2.57 bits per heavy atom. The zero-order valence-electron chi connectivity index (χ0n) is 17.3. The summed E-state index contributed by atoms with van der Waals surface area (Å²) in [5.74, 6) is 1.40. The lowest BCUT2D eigenvalue weighted by Crippen LogP contribution is -2.44. The van der Waals surface area contributed by atoms with E-state index in [1.54, 1.807) is 16.4 Å². The van der Waals surface area contributed by atoms with E-state index in [2.05, 4.69) is 27.5 Å². The van der Waals surface area contributed by atoms with Gasteiger partial charge in [-0.1, -0.05) is 30.3 Å². The quantitative estimate of drug-likeness (QED) is 0.569. The second kappa shape index (κ2) is 9.40. The molecule has 1 aliphatic rings. The molecule has 0 radical (unpaired) electrons. The molecule has 0 unspecified atom stereocenters. The van der Waals surface area contributed by atoms with Crippen LogP contribution in [-0.4, -0.2) is 69.1 Å². The van der Waals surface area contributed by atoms with Gasteiger partial charge in [-0.25, -0.2) is 0 Å². The molecule has 0 N–H and O–H groups in total. The summed E-state index contributed by atoms with van der Waals surface area (Å²) in [5, 5.41) is 12.1. The van der Waals surface area contributed by atoms with Crippen molar-refractivity contribution in [1.29, 1.82) is 0 Å². The highest BCUT2D eigenvalue weighted by atomic mass is 32.2. The van der Waals surface area contributed by atoms with Gasteiger partial charge in [0, 0.05) is 18.0 Å². The third-order valence-electron chi connectivity index (χ3n) is 5.57. The number of amides is 1. The number of rotatable bonds is 6. The molecule has 4 rings (SSSR count). The maximum atomic E-state index is 13.2. The third-order valence-corrected chi connectivity index (χ3v) is 6.63. The molecular formula is C22H26N6OS. The third kappa shape index (κ3) is 4.55. The van der Waals surface area contributed by atoms with Crippen molar-refractivity contribution in [1.82, 2.24) is 30.0 Å². The minimum atomic E-state index is 0.0790. The summed E-state index contributed by atoms with van der Waals surface area (Å²) >= 11 is 1.59. The standard InChI is InChI=1S/C22H26N6OS/c1-26-14-12-17(13-15-26)27(2)22(29)19-10-6-7-11-20(19)30-16-21-23-24-25-28(21)18-8-4-3-5-9-18/h3-11,17H,12-16H2,1-2H3. The van der Waals surface area contributed by atoms with Crippen molar-refractivity contribution in [3.63, 3.8) is 0 Å². The fourth-order valence-electron chi connectivity index (χ4n) is 3.72. The lowest BCUT2D eigenvalue weighted by atomic mass is 10.0. The van der Waals surface area contributed by atoms with Crippen molar-refractivity contribution in [3.8, 4) is 5.69 Å². The van der Waals surface area contributed by atoms with Gasteiger partial charge in [-0.2, -0.15) is 4.68 Å². The van der Waals surface area contributed by atoms with E-state index >= 15 is 0 Å². The largest absolute Gasteiger partial charge is 0.339 e. The summed E-state index contributed by atoms with van der Waals surface area (Å²) in [6.45, 7) is 2.06.